The molecule has 1 aromatic heterocycles. The molecule has 1 aromatic carbocycles. The molecule has 1 heterocycles. The third-order valence-corrected chi connectivity index (χ3v) is 3.19. The number of furan rings is 1. The molecule has 0 unspecified atom stereocenters. The van der Waals surface area contributed by atoms with E-state index < -0.39 is 0 Å². The summed E-state index contributed by atoms with van der Waals surface area (Å²) in [5.41, 5.74) is 0.806. The van der Waals surface area contributed by atoms with Crippen molar-refractivity contribution in [2.24, 2.45) is 0 Å². The Morgan fingerprint density at radius 2 is 2.29 bits per heavy atom. The van der Waals surface area contributed by atoms with E-state index in [0.717, 1.165) is 28.2 Å². The van der Waals surface area contributed by atoms with Gasteiger partial charge < -0.3 is 4.42 Å². The van der Waals surface area contributed by atoms with Gasteiger partial charge in [-0.25, -0.2) is 0 Å². The van der Waals surface area contributed by atoms with Crippen molar-refractivity contribution in [3.05, 3.63) is 35.0 Å². The van der Waals surface area contributed by atoms with Gasteiger partial charge in [0.1, 0.15) is 5.76 Å². The number of hydrogen-bond acceptors (Lipinski definition) is 2. The Balaban J connectivity index is 2.36. The fourth-order valence-corrected chi connectivity index (χ4v) is 2.12. The summed E-state index contributed by atoms with van der Waals surface area (Å²) in [7, 11) is 0. The topological polar surface area (TPSA) is 13.1 Å². The Hall–Kier alpha value is -0.600. The maximum Gasteiger partial charge on any atom is 0.152 e. The first-order valence-electron chi connectivity index (χ1n) is 4.56. The van der Waals surface area contributed by atoms with Gasteiger partial charge in [-0.3, -0.25) is 0 Å². The molecule has 0 saturated heterocycles. The first kappa shape index (κ1) is 9.94. The second kappa shape index (κ2) is 4.28. The van der Waals surface area contributed by atoms with Gasteiger partial charge in [0.25, 0.3) is 0 Å². The van der Waals surface area contributed by atoms with E-state index in [1.165, 1.54) is 0 Å². The monoisotopic (exact) mass is 226 g/mol. The summed E-state index contributed by atoms with van der Waals surface area (Å²) in [5, 5.41) is 1.78. The molecular formula is C11H11ClOS. The standard InChI is InChI=1S/C11H11ClOS/c1-2-14-7-9-6-8-4-3-5-10(12)11(8)13-9/h3-6H,2,7H2,1H3. The number of hydrogen-bond donors (Lipinski definition) is 0. The largest absolute Gasteiger partial charge is 0.459 e. The number of halogens is 1. The molecule has 3 heteroatoms. The van der Waals surface area contributed by atoms with Crippen molar-refractivity contribution in [3.63, 3.8) is 0 Å². The quantitative estimate of drug-likeness (QED) is 0.773. The number of fused-ring (bicyclic) bond motifs is 1. The van der Waals surface area contributed by atoms with E-state index in [2.05, 4.69) is 13.0 Å². The Labute approximate surface area is 92.4 Å². The number of thioether (sulfide) groups is 1. The lowest BCUT2D eigenvalue weighted by atomic mass is 10.2. The Morgan fingerprint density at radius 3 is 3.00 bits per heavy atom. The van der Waals surface area contributed by atoms with Gasteiger partial charge in [-0.2, -0.15) is 11.8 Å². The fourth-order valence-electron chi connectivity index (χ4n) is 1.35. The van der Waals surface area contributed by atoms with Crippen LogP contribution in [0.25, 0.3) is 11.0 Å². The number of benzene rings is 1. The molecule has 2 aromatic rings. The Bertz CT molecular complexity index is 436. The van der Waals surface area contributed by atoms with E-state index >= 15 is 0 Å². The summed E-state index contributed by atoms with van der Waals surface area (Å²) in [4.78, 5) is 0. The van der Waals surface area contributed by atoms with Crippen LogP contribution in [0.1, 0.15) is 12.7 Å². The average Bonchev–Trinajstić information content (AvgIpc) is 2.59. The van der Waals surface area contributed by atoms with E-state index in [-0.39, 0.29) is 0 Å². The van der Waals surface area contributed by atoms with Crippen molar-refractivity contribution in [2.75, 3.05) is 5.75 Å². The minimum atomic E-state index is 0.690. The predicted molar refractivity (Wildman–Crippen MR) is 63.1 cm³/mol. The van der Waals surface area contributed by atoms with Crippen molar-refractivity contribution in [1.29, 1.82) is 0 Å². The molecule has 0 atom stereocenters. The van der Waals surface area contributed by atoms with Crippen LogP contribution in [0.2, 0.25) is 5.02 Å². The highest BCUT2D eigenvalue weighted by Gasteiger charge is 2.05. The van der Waals surface area contributed by atoms with Crippen LogP contribution in [-0.4, -0.2) is 5.75 Å². The SMILES string of the molecule is CCSCc1cc2cccc(Cl)c2o1. The van der Waals surface area contributed by atoms with Crippen LogP contribution in [0.4, 0.5) is 0 Å². The Morgan fingerprint density at radius 1 is 1.43 bits per heavy atom. The van der Waals surface area contributed by atoms with E-state index in [1.807, 2.05) is 30.0 Å². The van der Waals surface area contributed by atoms with E-state index in [4.69, 9.17) is 16.0 Å². The molecule has 0 N–H and O–H groups in total. The lowest BCUT2D eigenvalue weighted by Crippen LogP contribution is -1.73. The highest BCUT2D eigenvalue weighted by Crippen LogP contribution is 2.28. The van der Waals surface area contributed by atoms with Crippen molar-refractivity contribution >= 4 is 34.3 Å². The van der Waals surface area contributed by atoms with E-state index in [9.17, 15) is 0 Å². The minimum absolute atomic E-state index is 0.690. The smallest absolute Gasteiger partial charge is 0.152 e. The molecule has 0 amide bonds. The minimum Gasteiger partial charge on any atom is -0.459 e. The van der Waals surface area contributed by atoms with Crippen molar-refractivity contribution in [3.8, 4) is 0 Å². The third-order valence-electron chi connectivity index (χ3n) is 2.00. The van der Waals surface area contributed by atoms with Crippen LogP contribution in [-0.2, 0) is 5.75 Å². The molecule has 2 rings (SSSR count). The zero-order valence-electron chi connectivity index (χ0n) is 7.92. The molecule has 0 aliphatic rings. The fraction of sp³-hybridized carbons (Fsp3) is 0.273. The highest BCUT2D eigenvalue weighted by atomic mass is 35.5. The molecule has 0 saturated carbocycles. The van der Waals surface area contributed by atoms with Crippen molar-refractivity contribution in [1.82, 2.24) is 0 Å². The number of rotatable bonds is 3. The molecule has 0 spiro atoms. The van der Waals surface area contributed by atoms with Gasteiger partial charge in [-0.05, 0) is 17.9 Å². The van der Waals surface area contributed by atoms with Crippen molar-refractivity contribution in [2.45, 2.75) is 12.7 Å². The first-order chi connectivity index (χ1) is 6.81. The lowest BCUT2D eigenvalue weighted by Gasteiger charge is -1.92. The zero-order valence-corrected chi connectivity index (χ0v) is 9.49. The summed E-state index contributed by atoms with van der Waals surface area (Å²) < 4.78 is 5.65. The van der Waals surface area contributed by atoms with Gasteiger partial charge in [0.2, 0.25) is 0 Å². The molecule has 1 nitrogen and oxygen atoms in total. The normalized spacial score (nSPS) is 11.0. The third kappa shape index (κ3) is 1.91. The molecular weight excluding hydrogens is 216 g/mol. The summed E-state index contributed by atoms with van der Waals surface area (Å²) in [6.07, 6.45) is 0. The molecule has 0 fully saturated rings. The summed E-state index contributed by atoms with van der Waals surface area (Å²) >= 11 is 7.85. The van der Waals surface area contributed by atoms with Gasteiger partial charge in [0.05, 0.1) is 10.8 Å². The second-order valence-electron chi connectivity index (χ2n) is 3.01. The maximum absolute atomic E-state index is 6.00. The van der Waals surface area contributed by atoms with E-state index in [1.54, 1.807) is 0 Å². The van der Waals surface area contributed by atoms with Gasteiger partial charge in [0, 0.05) is 5.39 Å². The van der Waals surface area contributed by atoms with Crippen LogP contribution in [0, 0.1) is 0 Å². The van der Waals surface area contributed by atoms with Crippen LogP contribution in [0.5, 0.6) is 0 Å². The predicted octanol–water partition coefficient (Wildman–Crippen LogP) is 4.34. The lowest BCUT2D eigenvalue weighted by molar-refractivity contribution is 0.574. The van der Waals surface area contributed by atoms with Crippen LogP contribution >= 0.6 is 23.4 Å². The van der Waals surface area contributed by atoms with Crippen LogP contribution in [0.3, 0.4) is 0 Å². The van der Waals surface area contributed by atoms with E-state index in [0.29, 0.717) is 5.02 Å². The van der Waals surface area contributed by atoms with Crippen LogP contribution in [0.15, 0.2) is 28.7 Å². The molecule has 0 aliphatic carbocycles. The Kier molecular flexibility index (Phi) is 3.04. The van der Waals surface area contributed by atoms with Gasteiger partial charge >= 0.3 is 0 Å². The molecule has 74 valence electrons. The summed E-state index contributed by atoms with van der Waals surface area (Å²) in [5.74, 6) is 3.02. The number of para-hydroxylation sites is 1. The average molecular weight is 227 g/mol. The summed E-state index contributed by atoms with van der Waals surface area (Å²) in [6.45, 7) is 2.14. The van der Waals surface area contributed by atoms with Gasteiger partial charge in [-0.1, -0.05) is 30.7 Å². The zero-order chi connectivity index (χ0) is 9.97. The maximum atomic E-state index is 6.00. The van der Waals surface area contributed by atoms with Gasteiger partial charge in [-0.15, -0.1) is 0 Å². The molecule has 14 heavy (non-hydrogen) atoms. The second-order valence-corrected chi connectivity index (χ2v) is 4.69. The molecule has 0 aliphatic heterocycles. The van der Waals surface area contributed by atoms with Crippen LogP contribution < -0.4 is 0 Å². The molecule has 0 bridgehead atoms. The molecule has 0 radical (unpaired) electrons. The highest BCUT2D eigenvalue weighted by molar-refractivity contribution is 7.98. The van der Waals surface area contributed by atoms with Gasteiger partial charge in [0.15, 0.2) is 5.58 Å². The first-order valence-corrected chi connectivity index (χ1v) is 6.09. The summed E-state index contributed by atoms with van der Waals surface area (Å²) in [6, 6.07) is 7.87. The van der Waals surface area contributed by atoms with Crippen molar-refractivity contribution < 1.29 is 4.42 Å².